The average molecular weight is 258 g/mol. The Hall–Kier alpha value is -2.56. The zero-order chi connectivity index (χ0) is 13.7. The Labute approximate surface area is 110 Å². The predicted octanol–water partition coefficient (Wildman–Crippen LogP) is 1.47. The number of aromatic hydroxyl groups is 2. The Kier molecular flexibility index (Phi) is 3.97. The number of nitrogens with zero attached hydrogens (tertiary/aromatic N) is 1. The first-order valence-corrected chi connectivity index (χ1v) is 5.86. The van der Waals surface area contributed by atoms with Crippen molar-refractivity contribution in [2.24, 2.45) is 0 Å². The van der Waals surface area contributed by atoms with Gasteiger partial charge in [0, 0.05) is 18.9 Å². The Morgan fingerprint density at radius 3 is 2.79 bits per heavy atom. The molecule has 0 atom stereocenters. The van der Waals surface area contributed by atoms with Gasteiger partial charge in [-0.3, -0.25) is 9.78 Å². The number of hydrogen-bond acceptors (Lipinski definition) is 4. The van der Waals surface area contributed by atoms with Crippen molar-refractivity contribution in [3.8, 4) is 11.5 Å². The summed E-state index contributed by atoms with van der Waals surface area (Å²) < 4.78 is 0. The maximum absolute atomic E-state index is 11.8. The van der Waals surface area contributed by atoms with Gasteiger partial charge in [0.1, 0.15) is 0 Å². The fraction of sp³-hybridized carbons (Fsp3) is 0.143. The van der Waals surface area contributed by atoms with Gasteiger partial charge >= 0.3 is 0 Å². The van der Waals surface area contributed by atoms with Crippen molar-refractivity contribution in [2.75, 3.05) is 6.54 Å². The van der Waals surface area contributed by atoms with Gasteiger partial charge in [-0.05, 0) is 30.2 Å². The van der Waals surface area contributed by atoms with Crippen LogP contribution in [-0.2, 0) is 6.42 Å². The lowest BCUT2D eigenvalue weighted by molar-refractivity contribution is 0.0951. The fourth-order valence-electron chi connectivity index (χ4n) is 1.68. The van der Waals surface area contributed by atoms with Crippen LogP contribution in [0.15, 0.2) is 42.7 Å². The number of amides is 1. The van der Waals surface area contributed by atoms with Crippen LogP contribution in [0.25, 0.3) is 0 Å². The van der Waals surface area contributed by atoms with Crippen LogP contribution < -0.4 is 5.32 Å². The number of phenols is 2. The lowest BCUT2D eigenvalue weighted by Crippen LogP contribution is -2.25. The van der Waals surface area contributed by atoms with E-state index in [0.717, 1.165) is 5.56 Å². The van der Waals surface area contributed by atoms with Gasteiger partial charge in [0.15, 0.2) is 11.5 Å². The smallest absolute Gasteiger partial charge is 0.255 e. The Balaban J connectivity index is 1.93. The number of para-hydroxylation sites is 1. The minimum Gasteiger partial charge on any atom is -0.504 e. The third-order valence-corrected chi connectivity index (χ3v) is 2.68. The van der Waals surface area contributed by atoms with E-state index in [1.54, 1.807) is 12.4 Å². The normalized spacial score (nSPS) is 10.1. The van der Waals surface area contributed by atoms with Gasteiger partial charge in [0.2, 0.25) is 0 Å². The second-order valence-corrected chi connectivity index (χ2v) is 4.04. The average Bonchev–Trinajstić information content (AvgIpc) is 2.43. The molecule has 0 saturated carbocycles. The number of nitrogens with one attached hydrogen (secondary N) is 1. The van der Waals surface area contributed by atoms with E-state index < -0.39 is 11.7 Å². The molecule has 5 heteroatoms. The van der Waals surface area contributed by atoms with Crippen LogP contribution in [0.4, 0.5) is 0 Å². The van der Waals surface area contributed by atoms with Gasteiger partial charge in [-0.2, -0.15) is 0 Å². The quantitative estimate of drug-likeness (QED) is 0.725. The van der Waals surface area contributed by atoms with Gasteiger partial charge in [0.05, 0.1) is 5.56 Å². The number of carbonyl (C=O) groups is 1. The monoisotopic (exact) mass is 258 g/mol. The topological polar surface area (TPSA) is 82.5 Å². The largest absolute Gasteiger partial charge is 0.504 e. The van der Waals surface area contributed by atoms with E-state index in [4.69, 9.17) is 0 Å². The van der Waals surface area contributed by atoms with E-state index in [0.29, 0.717) is 13.0 Å². The molecule has 1 heterocycles. The summed E-state index contributed by atoms with van der Waals surface area (Å²) in [4.78, 5) is 15.8. The van der Waals surface area contributed by atoms with Gasteiger partial charge in [-0.15, -0.1) is 0 Å². The highest BCUT2D eigenvalue weighted by atomic mass is 16.3. The molecule has 0 saturated heterocycles. The molecule has 1 aromatic heterocycles. The molecule has 0 bridgehead atoms. The third kappa shape index (κ3) is 3.22. The first-order valence-electron chi connectivity index (χ1n) is 5.86. The lowest BCUT2D eigenvalue weighted by Gasteiger charge is -2.07. The van der Waals surface area contributed by atoms with Crippen molar-refractivity contribution < 1.29 is 15.0 Å². The minimum absolute atomic E-state index is 0.0613. The van der Waals surface area contributed by atoms with E-state index in [2.05, 4.69) is 10.3 Å². The SMILES string of the molecule is O=C(NCCc1cccnc1)c1cccc(O)c1O. The molecule has 0 radical (unpaired) electrons. The standard InChI is InChI=1S/C14H14N2O3/c17-12-5-1-4-11(13(12)18)14(19)16-8-6-10-3-2-7-15-9-10/h1-5,7,9,17-18H,6,8H2,(H,16,19). The van der Waals surface area contributed by atoms with E-state index in [1.165, 1.54) is 18.2 Å². The molecule has 98 valence electrons. The highest BCUT2D eigenvalue weighted by Crippen LogP contribution is 2.27. The minimum atomic E-state index is -0.419. The van der Waals surface area contributed by atoms with Crippen molar-refractivity contribution in [1.29, 1.82) is 0 Å². The first-order chi connectivity index (χ1) is 9.18. The Morgan fingerprint density at radius 1 is 1.21 bits per heavy atom. The Morgan fingerprint density at radius 2 is 2.05 bits per heavy atom. The van der Waals surface area contributed by atoms with Crippen LogP contribution in [0, 0.1) is 0 Å². The molecule has 1 aromatic carbocycles. The van der Waals surface area contributed by atoms with Crippen LogP contribution in [-0.4, -0.2) is 27.6 Å². The number of carbonyl (C=O) groups excluding carboxylic acids is 1. The van der Waals surface area contributed by atoms with Crippen molar-refractivity contribution in [3.05, 3.63) is 53.9 Å². The summed E-state index contributed by atoms with van der Waals surface area (Å²) in [5.41, 5.74) is 1.08. The maximum Gasteiger partial charge on any atom is 0.255 e. The third-order valence-electron chi connectivity index (χ3n) is 2.68. The number of phenolic OH excluding ortho intramolecular Hbond substituents is 2. The molecule has 1 amide bonds. The molecule has 0 fully saturated rings. The van der Waals surface area contributed by atoms with Crippen LogP contribution in [0.3, 0.4) is 0 Å². The molecule has 0 spiro atoms. The summed E-state index contributed by atoms with van der Waals surface area (Å²) in [6, 6.07) is 8.03. The van der Waals surface area contributed by atoms with Crippen LogP contribution in [0.2, 0.25) is 0 Å². The molecule has 0 aliphatic heterocycles. The van der Waals surface area contributed by atoms with Crippen molar-refractivity contribution in [2.45, 2.75) is 6.42 Å². The molecule has 0 unspecified atom stereocenters. The summed E-state index contributed by atoms with van der Waals surface area (Å²) in [6.07, 6.45) is 4.07. The first kappa shape index (κ1) is 12.9. The number of hydrogen-bond donors (Lipinski definition) is 3. The zero-order valence-corrected chi connectivity index (χ0v) is 10.2. The van der Waals surface area contributed by atoms with E-state index in [-0.39, 0.29) is 11.3 Å². The lowest BCUT2D eigenvalue weighted by atomic mass is 10.1. The molecule has 0 aliphatic carbocycles. The number of rotatable bonds is 4. The molecule has 3 N–H and O–H groups in total. The summed E-state index contributed by atoms with van der Waals surface area (Å²) in [7, 11) is 0. The molecule has 5 nitrogen and oxygen atoms in total. The second-order valence-electron chi connectivity index (χ2n) is 4.04. The van der Waals surface area contributed by atoms with Gasteiger partial charge < -0.3 is 15.5 Å². The van der Waals surface area contributed by atoms with Gasteiger partial charge in [-0.1, -0.05) is 12.1 Å². The zero-order valence-electron chi connectivity index (χ0n) is 10.2. The number of aromatic nitrogens is 1. The fourth-order valence-corrected chi connectivity index (χ4v) is 1.68. The van der Waals surface area contributed by atoms with Crippen LogP contribution in [0.5, 0.6) is 11.5 Å². The van der Waals surface area contributed by atoms with Gasteiger partial charge in [-0.25, -0.2) is 0 Å². The van der Waals surface area contributed by atoms with E-state index in [1.807, 2.05) is 12.1 Å². The number of benzene rings is 1. The van der Waals surface area contributed by atoms with E-state index in [9.17, 15) is 15.0 Å². The number of pyridine rings is 1. The van der Waals surface area contributed by atoms with Crippen molar-refractivity contribution in [1.82, 2.24) is 10.3 Å². The van der Waals surface area contributed by atoms with Crippen molar-refractivity contribution in [3.63, 3.8) is 0 Å². The van der Waals surface area contributed by atoms with E-state index >= 15 is 0 Å². The second kappa shape index (κ2) is 5.86. The molecular weight excluding hydrogens is 244 g/mol. The summed E-state index contributed by atoms with van der Waals surface area (Å²) in [6.45, 7) is 0.430. The predicted molar refractivity (Wildman–Crippen MR) is 70.0 cm³/mol. The van der Waals surface area contributed by atoms with Crippen LogP contribution >= 0.6 is 0 Å². The highest BCUT2D eigenvalue weighted by molar-refractivity contribution is 5.97. The summed E-state index contributed by atoms with van der Waals surface area (Å²) in [5, 5.41) is 21.6. The van der Waals surface area contributed by atoms with Gasteiger partial charge in [0.25, 0.3) is 5.91 Å². The molecule has 2 aromatic rings. The maximum atomic E-state index is 11.8. The summed E-state index contributed by atoms with van der Waals surface area (Å²) in [5.74, 6) is -1.13. The summed E-state index contributed by atoms with van der Waals surface area (Å²) >= 11 is 0. The molecule has 2 rings (SSSR count). The molecule has 19 heavy (non-hydrogen) atoms. The molecular formula is C14H14N2O3. The highest BCUT2D eigenvalue weighted by Gasteiger charge is 2.13. The Bertz CT molecular complexity index is 570. The molecule has 0 aliphatic rings. The van der Waals surface area contributed by atoms with Crippen molar-refractivity contribution >= 4 is 5.91 Å². The van der Waals surface area contributed by atoms with Crippen LogP contribution in [0.1, 0.15) is 15.9 Å².